The van der Waals surface area contributed by atoms with Crippen LogP contribution in [0.25, 0.3) is 0 Å². The minimum atomic E-state index is 0.157. The van der Waals surface area contributed by atoms with Gasteiger partial charge in [-0.2, -0.15) is 5.26 Å². The molecule has 1 heterocycles. The average Bonchev–Trinajstić information content (AvgIpc) is 2.64. The maximum absolute atomic E-state index is 8.92. The number of nitrogens with one attached hydrogen (secondary N) is 2. The van der Waals surface area contributed by atoms with Gasteiger partial charge in [-0.05, 0) is 58.2 Å². The molecule has 2 rings (SSSR count). The molecule has 0 aliphatic carbocycles. The first-order valence-electron chi connectivity index (χ1n) is 9.57. The van der Waals surface area contributed by atoms with Crippen LogP contribution in [0.4, 0.5) is 0 Å². The van der Waals surface area contributed by atoms with Crippen LogP contribution in [0, 0.1) is 11.5 Å². The first kappa shape index (κ1) is 20.1. The van der Waals surface area contributed by atoms with Gasteiger partial charge in [-0.1, -0.05) is 18.2 Å². The van der Waals surface area contributed by atoms with Gasteiger partial charge in [0.2, 0.25) is 5.96 Å². The highest BCUT2D eigenvalue weighted by molar-refractivity contribution is 5.81. The summed E-state index contributed by atoms with van der Waals surface area (Å²) in [5.74, 6) is 1.69. The van der Waals surface area contributed by atoms with E-state index in [1.54, 1.807) is 0 Å². The van der Waals surface area contributed by atoms with E-state index in [2.05, 4.69) is 45.6 Å². The van der Waals surface area contributed by atoms with Crippen LogP contribution >= 0.6 is 0 Å². The van der Waals surface area contributed by atoms with Crippen molar-refractivity contribution in [2.45, 2.75) is 52.2 Å². The highest BCUT2D eigenvalue weighted by Crippen LogP contribution is 2.26. The zero-order chi connectivity index (χ0) is 18.8. The number of aliphatic imine (C=N–C) groups is 1. The first-order valence-corrected chi connectivity index (χ1v) is 9.57. The summed E-state index contributed by atoms with van der Waals surface area (Å²) in [6.45, 7) is 9.56. The predicted octanol–water partition coefficient (Wildman–Crippen LogP) is 2.52. The molecule has 0 fully saturated rings. The monoisotopic (exact) mass is 357 g/mol. The van der Waals surface area contributed by atoms with Crippen molar-refractivity contribution >= 4 is 5.96 Å². The zero-order valence-electron chi connectivity index (χ0n) is 16.2. The number of para-hydroxylation sites is 1. The van der Waals surface area contributed by atoms with Gasteiger partial charge < -0.3 is 15.0 Å². The van der Waals surface area contributed by atoms with Crippen molar-refractivity contribution in [3.05, 3.63) is 29.8 Å². The van der Waals surface area contributed by atoms with E-state index < -0.39 is 0 Å². The molecule has 1 unspecified atom stereocenters. The van der Waals surface area contributed by atoms with Gasteiger partial charge in [0.05, 0.1) is 0 Å². The third-order valence-electron chi connectivity index (χ3n) is 4.38. The van der Waals surface area contributed by atoms with E-state index in [0.717, 1.165) is 51.2 Å². The molecule has 1 aromatic carbocycles. The maximum Gasteiger partial charge on any atom is 0.207 e. The summed E-state index contributed by atoms with van der Waals surface area (Å²) in [6.07, 6.45) is 5.36. The normalized spacial score (nSPS) is 16.6. The van der Waals surface area contributed by atoms with Crippen molar-refractivity contribution in [1.82, 2.24) is 15.5 Å². The van der Waals surface area contributed by atoms with E-state index >= 15 is 0 Å². The average molecular weight is 358 g/mol. The second kappa shape index (κ2) is 10.7. The van der Waals surface area contributed by atoms with Crippen molar-refractivity contribution in [3.63, 3.8) is 0 Å². The fourth-order valence-electron chi connectivity index (χ4n) is 3.08. The number of rotatable bonds is 8. The SMILES string of the molecule is CCN(CCCNCC1CCc2ccccc2O1)C(=NC(C)C)NC#N. The van der Waals surface area contributed by atoms with Crippen molar-refractivity contribution in [2.24, 2.45) is 4.99 Å². The van der Waals surface area contributed by atoms with Crippen LogP contribution in [-0.4, -0.2) is 49.2 Å². The lowest BCUT2D eigenvalue weighted by molar-refractivity contribution is 0.170. The van der Waals surface area contributed by atoms with Crippen LogP contribution in [-0.2, 0) is 6.42 Å². The van der Waals surface area contributed by atoms with Gasteiger partial charge in [-0.3, -0.25) is 5.32 Å². The molecule has 1 aliphatic heterocycles. The predicted molar refractivity (Wildman–Crippen MR) is 105 cm³/mol. The number of benzene rings is 1. The van der Waals surface area contributed by atoms with Crippen LogP contribution in [0.2, 0.25) is 0 Å². The van der Waals surface area contributed by atoms with E-state index in [-0.39, 0.29) is 12.1 Å². The van der Waals surface area contributed by atoms with Gasteiger partial charge >= 0.3 is 0 Å². The lowest BCUT2D eigenvalue weighted by Crippen LogP contribution is -2.41. The van der Waals surface area contributed by atoms with Gasteiger partial charge in [-0.25, -0.2) is 4.99 Å². The summed E-state index contributed by atoms with van der Waals surface area (Å²) in [7, 11) is 0. The van der Waals surface area contributed by atoms with Gasteiger partial charge in [-0.15, -0.1) is 0 Å². The third kappa shape index (κ3) is 6.23. The van der Waals surface area contributed by atoms with Crippen LogP contribution in [0.1, 0.15) is 39.2 Å². The quantitative estimate of drug-likeness (QED) is 0.246. The lowest BCUT2D eigenvalue weighted by atomic mass is 10.0. The Morgan fingerprint density at radius 3 is 2.96 bits per heavy atom. The molecule has 6 nitrogen and oxygen atoms in total. The van der Waals surface area contributed by atoms with Gasteiger partial charge in [0.25, 0.3) is 0 Å². The van der Waals surface area contributed by atoms with Crippen molar-refractivity contribution in [3.8, 4) is 11.9 Å². The van der Waals surface area contributed by atoms with E-state index in [9.17, 15) is 0 Å². The number of aryl methyl sites for hydroxylation is 1. The van der Waals surface area contributed by atoms with E-state index in [1.165, 1.54) is 5.56 Å². The fourth-order valence-corrected chi connectivity index (χ4v) is 3.08. The molecule has 1 aliphatic rings. The van der Waals surface area contributed by atoms with Crippen LogP contribution in [0.3, 0.4) is 0 Å². The Morgan fingerprint density at radius 1 is 1.42 bits per heavy atom. The van der Waals surface area contributed by atoms with Crippen molar-refractivity contribution < 1.29 is 4.74 Å². The smallest absolute Gasteiger partial charge is 0.207 e. The molecule has 6 heteroatoms. The van der Waals surface area contributed by atoms with Crippen LogP contribution < -0.4 is 15.4 Å². The molecule has 0 radical (unpaired) electrons. The highest BCUT2D eigenvalue weighted by Gasteiger charge is 2.18. The molecule has 0 amide bonds. The molecule has 0 spiro atoms. The molecule has 0 saturated heterocycles. The zero-order valence-corrected chi connectivity index (χ0v) is 16.2. The van der Waals surface area contributed by atoms with E-state index in [4.69, 9.17) is 10.00 Å². The fraction of sp³-hybridized carbons (Fsp3) is 0.600. The summed E-state index contributed by atoms with van der Waals surface area (Å²) < 4.78 is 6.06. The number of fused-ring (bicyclic) bond motifs is 1. The van der Waals surface area contributed by atoms with Crippen molar-refractivity contribution in [2.75, 3.05) is 26.2 Å². The summed E-state index contributed by atoms with van der Waals surface area (Å²) in [5.41, 5.74) is 1.31. The molecule has 2 N–H and O–H groups in total. The Labute approximate surface area is 157 Å². The number of nitrogens with zero attached hydrogens (tertiary/aromatic N) is 3. The Hall–Kier alpha value is -2.26. The third-order valence-corrected chi connectivity index (χ3v) is 4.38. The molecular formula is C20H31N5O. The topological polar surface area (TPSA) is 72.7 Å². The molecule has 0 saturated carbocycles. The molecular weight excluding hydrogens is 326 g/mol. The van der Waals surface area contributed by atoms with E-state index in [1.807, 2.05) is 26.1 Å². The summed E-state index contributed by atoms with van der Waals surface area (Å²) in [6, 6.07) is 8.45. The second-order valence-electron chi connectivity index (χ2n) is 6.81. The van der Waals surface area contributed by atoms with Crippen molar-refractivity contribution in [1.29, 1.82) is 5.26 Å². The molecule has 26 heavy (non-hydrogen) atoms. The molecule has 1 aromatic rings. The Bertz CT molecular complexity index is 623. The molecule has 1 atom stereocenters. The standard InChI is InChI=1S/C20H31N5O/c1-4-25(20(23-15-21)24-16(2)3)13-7-12-22-14-18-11-10-17-8-5-6-9-19(17)26-18/h5-6,8-9,16,18,22H,4,7,10-14H2,1-3H3,(H,23,24). The number of guanidine groups is 1. The number of nitriles is 1. The number of hydrogen-bond acceptors (Lipinski definition) is 4. The summed E-state index contributed by atoms with van der Waals surface area (Å²) in [4.78, 5) is 6.61. The van der Waals surface area contributed by atoms with Crippen LogP contribution in [0.5, 0.6) is 5.75 Å². The van der Waals surface area contributed by atoms with Crippen LogP contribution in [0.15, 0.2) is 29.3 Å². The minimum absolute atomic E-state index is 0.157. The molecule has 0 bridgehead atoms. The largest absolute Gasteiger partial charge is 0.489 e. The summed E-state index contributed by atoms with van der Waals surface area (Å²) in [5, 5.41) is 15.1. The summed E-state index contributed by atoms with van der Waals surface area (Å²) >= 11 is 0. The highest BCUT2D eigenvalue weighted by atomic mass is 16.5. The lowest BCUT2D eigenvalue weighted by Gasteiger charge is -2.27. The van der Waals surface area contributed by atoms with Gasteiger partial charge in [0.15, 0.2) is 6.19 Å². The van der Waals surface area contributed by atoms with E-state index in [0.29, 0.717) is 5.96 Å². The Morgan fingerprint density at radius 2 is 2.23 bits per heavy atom. The van der Waals surface area contributed by atoms with Gasteiger partial charge in [0.1, 0.15) is 11.9 Å². The number of ether oxygens (including phenoxy) is 1. The minimum Gasteiger partial charge on any atom is -0.489 e. The second-order valence-corrected chi connectivity index (χ2v) is 6.81. The molecule has 142 valence electrons. The van der Waals surface area contributed by atoms with Gasteiger partial charge in [0, 0.05) is 25.7 Å². The maximum atomic E-state index is 8.92. The Balaban J connectivity index is 1.70. The molecule has 0 aromatic heterocycles. The number of hydrogen-bond donors (Lipinski definition) is 2. The Kier molecular flexibility index (Phi) is 8.23. The first-order chi connectivity index (χ1) is 12.6.